The molecule has 114 valence electrons. The van der Waals surface area contributed by atoms with Gasteiger partial charge < -0.3 is 0 Å². The average molecular weight is 339 g/mol. The highest BCUT2D eigenvalue weighted by Crippen LogP contribution is 2.26. The second-order valence-corrected chi connectivity index (χ2v) is 6.35. The van der Waals surface area contributed by atoms with Crippen molar-refractivity contribution in [2.75, 3.05) is 0 Å². The number of aryl methyl sites for hydroxylation is 1. The Morgan fingerprint density at radius 2 is 1.15 bits per heavy atom. The van der Waals surface area contributed by atoms with Crippen molar-refractivity contribution >= 4 is 15.9 Å². The molecule has 0 aliphatic rings. The van der Waals surface area contributed by atoms with Crippen molar-refractivity contribution in [2.45, 2.75) is 83.9 Å². The Morgan fingerprint density at radius 3 is 1.65 bits per heavy atom. The summed E-state index contributed by atoms with van der Waals surface area (Å²) in [6, 6.07) is 4.76. The lowest BCUT2D eigenvalue weighted by atomic mass is 9.88. The molecule has 0 spiro atoms. The predicted octanol–water partition coefficient (Wildman–Crippen LogP) is 6.61. The summed E-state index contributed by atoms with van der Waals surface area (Å²) in [6.45, 7) is 6.88. The highest BCUT2D eigenvalue weighted by atomic mass is 79.9. The number of hydrogen-bond donors (Lipinski definition) is 0. The number of halogens is 1. The standard InChI is InChI=1S/C19H31Br/c1-4-7-10-16-13-14-17(15-20)19(12-9-6-3)18(16)11-8-5-2/h13-14H,4-12,15H2,1-3H3. The number of unbranched alkanes of at least 4 members (excludes halogenated alkanes) is 3. The highest BCUT2D eigenvalue weighted by molar-refractivity contribution is 9.08. The van der Waals surface area contributed by atoms with E-state index in [2.05, 4.69) is 48.8 Å². The molecule has 1 rings (SSSR count). The predicted molar refractivity (Wildman–Crippen MR) is 94.9 cm³/mol. The van der Waals surface area contributed by atoms with Gasteiger partial charge >= 0.3 is 0 Å². The van der Waals surface area contributed by atoms with Crippen LogP contribution in [-0.4, -0.2) is 0 Å². The normalized spacial score (nSPS) is 11.0. The van der Waals surface area contributed by atoms with Crippen LogP contribution >= 0.6 is 15.9 Å². The van der Waals surface area contributed by atoms with E-state index in [4.69, 9.17) is 0 Å². The van der Waals surface area contributed by atoms with Gasteiger partial charge in [0.25, 0.3) is 0 Å². The van der Waals surface area contributed by atoms with E-state index < -0.39 is 0 Å². The third-order valence-electron chi connectivity index (χ3n) is 4.13. The van der Waals surface area contributed by atoms with E-state index in [0.29, 0.717) is 0 Å². The Morgan fingerprint density at radius 1 is 0.700 bits per heavy atom. The van der Waals surface area contributed by atoms with E-state index in [0.717, 1.165) is 5.33 Å². The Bertz CT molecular complexity index is 382. The molecule has 0 atom stereocenters. The van der Waals surface area contributed by atoms with E-state index in [1.54, 1.807) is 16.7 Å². The average Bonchev–Trinajstić information content (AvgIpc) is 2.48. The van der Waals surface area contributed by atoms with Crippen LogP contribution in [0.15, 0.2) is 12.1 Å². The summed E-state index contributed by atoms with van der Waals surface area (Å²) in [4.78, 5) is 0. The molecule has 0 fully saturated rings. The fourth-order valence-electron chi connectivity index (χ4n) is 2.85. The van der Waals surface area contributed by atoms with E-state index in [-0.39, 0.29) is 0 Å². The summed E-state index contributed by atoms with van der Waals surface area (Å²) in [5.74, 6) is 0. The smallest absolute Gasteiger partial charge is 0.0285 e. The SMILES string of the molecule is CCCCc1ccc(CBr)c(CCCC)c1CCCC. The molecule has 0 saturated carbocycles. The molecule has 0 amide bonds. The first-order valence-corrected chi connectivity index (χ1v) is 9.58. The first-order chi connectivity index (χ1) is 9.78. The third kappa shape index (κ3) is 5.24. The molecule has 0 aliphatic carbocycles. The summed E-state index contributed by atoms with van der Waals surface area (Å²) in [7, 11) is 0. The lowest BCUT2D eigenvalue weighted by Gasteiger charge is -2.18. The number of hydrogen-bond acceptors (Lipinski definition) is 0. The minimum absolute atomic E-state index is 0.999. The van der Waals surface area contributed by atoms with Crippen LogP contribution in [0.1, 0.15) is 81.5 Å². The van der Waals surface area contributed by atoms with Crippen LogP contribution < -0.4 is 0 Å². The monoisotopic (exact) mass is 338 g/mol. The van der Waals surface area contributed by atoms with Gasteiger partial charge in [-0.05, 0) is 60.8 Å². The fourth-order valence-corrected chi connectivity index (χ4v) is 3.37. The molecule has 1 aromatic carbocycles. The van der Waals surface area contributed by atoms with Gasteiger partial charge in [0.2, 0.25) is 0 Å². The van der Waals surface area contributed by atoms with Crippen molar-refractivity contribution in [3.63, 3.8) is 0 Å². The molecule has 1 heteroatoms. The van der Waals surface area contributed by atoms with Crippen LogP contribution in [0.3, 0.4) is 0 Å². The third-order valence-corrected chi connectivity index (χ3v) is 4.73. The Hall–Kier alpha value is -0.300. The van der Waals surface area contributed by atoms with Crippen LogP contribution in [-0.2, 0) is 24.6 Å². The Balaban J connectivity index is 3.09. The molecule has 0 radical (unpaired) electrons. The Labute approximate surface area is 134 Å². The summed E-state index contributed by atoms with van der Waals surface area (Å²) < 4.78 is 0. The zero-order valence-corrected chi connectivity index (χ0v) is 15.2. The number of rotatable bonds is 10. The second kappa shape index (κ2) is 10.4. The summed E-state index contributed by atoms with van der Waals surface area (Å²) in [5.41, 5.74) is 6.48. The summed E-state index contributed by atoms with van der Waals surface area (Å²) in [5, 5.41) is 0.999. The lowest BCUT2D eigenvalue weighted by Crippen LogP contribution is -2.05. The molecule has 20 heavy (non-hydrogen) atoms. The zero-order chi connectivity index (χ0) is 14.8. The van der Waals surface area contributed by atoms with E-state index >= 15 is 0 Å². The first-order valence-electron chi connectivity index (χ1n) is 8.46. The molecule has 0 N–H and O–H groups in total. The molecular weight excluding hydrogens is 308 g/mol. The molecular formula is C19H31Br. The van der Waals surface area contributed by atoms with Gasteiger partial charge in [0, 0.05) is 5.33 Å². The first kappa shape index (κ1) is 17.8. The van der Waals surface area contributed by atoms with Crippen LogP contribution in [0.2, 0.25) is 0 Å². The van der Waals surface area contributed by atoms with Gasteiger partial charge in [-0.3, -0.25) is 0 Å². The molecule has 0 aliphatic heterocycles. The van der Waals surface area contributed by atoms with E-state index in [9.17, 15) is 0 Å². The van der Waals surface area contributed by atoms with E-state index in [1.165, 1.54) is 63.4 Å². The minimum atomic E-state index is 0.999. The van der Waals surface area contributed by atoms with Crippen molar-refractivity contribution < 1.29 is 0 Å². The minimum Gasteiger partial charge on any atom is -0.0876 e. The lowest BCUT2D eigenvalue weighted by molar-refractivity contribution is 0.732. The number of benzene rings is 1. The van der Waals surface area contributed by atoms with Gasteiger partial charge in [-0.25, -0.2) is 0 Å². The molecule has 0 aromatic heterocycles. The second-order valence-electron chi connectivity index (χ2n) is 5.79. The van der Waals surface area contributed by atoms with Crippen LogP contribution in [0, 0.1) is 0 Å². The van der Waals surface area contributed by atoms with Crippen molar-refractivity contribution in [1.29, 1.82) is 0 Å². The molecule has 0 bridgehead atoms. The van der Waals surface area contributed by atoms with Crippen LogP contribution in [0.5, 0.6) is 0 Å². The number of alkyl halides is 1. The topological polar surface area (TPSA) is 0 Å². The van der Waals surface area contributed by atoms with Gasteiger partial charge in [-0.2, -0.15) is 0 Å². The summed E-state index contributed by atoms with van der Waals surface area (Å²) >= 11 is 3.68. The van der Waals surface area contributed by atoms with Gasteiger partial charge in [0.15, 0.2) is 0 Å². The van der Waals surface area contributed by atoms with Crippen molar-refractivity contribution in [2.24, 2.45) is 0 Å². The molecule has 0 nitrogen and oxygen atoms in total. The van der Waals surface area contributed by atoms with Crippen molar-refractivity contribution in [1.82, 2.24) is 0 Å². The van der Waals surface area contributed by atoms with Gasteiger partial charge in [0.05, 0.1) is 0 Å². The van der Waals surface area contributed by atoms with Crippen LogP contribution in [0.4, 0.5) is 0 Å². The Kier molecular flexibility index (Phi) is 9.26. The maximum Gasteiger partial charge on any atom is 0.0285 e. The molecule has 1 aromatic rings. The van der Waals surface area contributed by atoms with Gasteiger partial charge in [-0.1, -0.05) is 68.1 Å². The quantitative estimate of drug-likeness (QED) is 0.421. The van der Waals surface area contributed by atoms with Gasteiger partial charge in [0.1, 0.15) is 0 Å². The molecule has 0 unspecified atom stereocenters. The fraction of sp³-hybridized carbons (Fsp3) is 0.684. The van der Waals surface area contributed by atoms with Gasteiger partial charge in [-0.15, -0.1) is 0 Å². The van der Waals surface area contributed by atoms with Crippen molar-refractivity contribution in [3.8, 4) is 0 Å². The summed E-state index contributed by atoms with van der Waals surface area (Å²) in [6.07, 6.45) is 11.6. The highest BCUT2D eigenvalue weighted by Gasteiger charge is 2.12. The largest absolute Gasteiger partial charge is 0.0876 e. The molecule has 0 saturated heterocycles. The zero-order valence-electron chi connectivity index (χ0n) is 13.6. The maximum absolute atomic E-state index is 3.68. The maximum atomic E-state index is 3.68. The van der Waals surface area contributed by atoms with Crippen LogP contribution in [0.25, 0.3) is 0 Å². The molecule has 0 heterocycles. The van der Waals surface area contributed by atoms with E-state index in [1.807, 2.05) is 0 Å². The van der Waals surface area contributed by atoms with Crippen molar-refractivity contribution in [3.05, 3.63) is 34.4 Å².